The minimum atomic E-state index is -2.80. The third kappa shape index (κ3) is 1.90. The Labute approximate surface area is 36.9 Å². The van der Waals surface area contributed by atoms with E-state index in [1.54, 1.807) is 0 Å². The van der Waals surface area contributed by atoms with Crippen LogP contribution in [0.5, 0.6) is 0 Å². The van der Waals surface area contributed by atoms with Crippen LogP contribution < -0.4 is 0 Å². The third-order valence-electron chi connectivity index (χ3n) is 0.257. The lowest BCUT2D eigenvalue weighted by Crippen LogP contribution is -1.88. The molecule has 0 aliphatic heterocycles. The summed E-state index contributed by atoms with van der Waals surface area (Å²) >= 11 is 0. The fourth-order valence-corrected chi connectivity index (χ4v) is 0. The van der Waals surface area contributed by atoms with E-state index in [1.165, 1.54) is 0 Å². The van der Waals surface area contributed by atoms with E-state index in [0.29, 0.717) is 0 Å². The Hall–Kier alpha value is -0.380. The molecule has 3 nitrogen and oxygen atoms in total. The van der Waals surface area contributed by atoms with Gasteiger partial charge < -0.3 is 0 Å². The Kier molecular flexibility index (Phi) is 1.80. The summed E-state index contributed by atoms with van der Waals surface area (Å²) in [6.45, 7) is 1.01. The maximum atomic E-state index is 9.55. The van der Waals surface area contributed by atoms with Crippen molar-refractivity contribution in [1.29, 1.82) is 0 Å². The van der Waals surface area contributed by atoms with E-state index >= 15 is 0 Å². The van der Waals surface area contributed by atoms with Gasteiger partial charge in [-0.3, -0.25) is 4.79 Å². The zero-order valence-corrected chi connectivity index (χ0v) is 4.07. The van der Waals surface area contributed by atoms with Crippen LogP contribution in [-0.4, -0.2) is 13.5 Å². The number of hydrogen-bond donors (Lipinski definition) is 1. The lowest BCUT2D eigenvalue weighted by molar-refractivity contribution is -0.109. The Morgan fingerprint density at radius 2 is 1.67 bits per heavy atom. The number of thiol groups is 1. The molecule has 0 aromatic rings. The topological polar surface area (TPSA) is 51.2 Å². The molecule has 0 aromatic heterocycles. The Morgan fingerprint density at radius 1 is 1.50 bits per heavy atom. The molecule has 0 aliphatic carbocycles. The van der Waals surface area contributed by atoms with Crippen LogP contribution in [0.2, 0.25) is 0 Å². The van der Waals surface area contributed by atoms with E-state index in [4.69, 9.17) is 0 Å². The Bertz CT molecular complexity index is 115. The van der Waals surface area contributed by atoms with E-state index in [-0.39, 0.29) is 0 Å². The largest absolute Gasteiger partial charge is 0.282 e. The first-order valence-corrected chi connectivity index (χ1v) is 2.47. The van der Waals surface area contributed by atoms with Gasteiger partial charge in [0.15, 0.2) is 0 Å². The van der Waals surface area contributed by atoms with Gasteiger partial charge in [0.05, 0.1) is 0 Å². The summed E-state index contributed by atoms with van der Waals surface area (Å²) in [6.07, 6.45) is 0. The summed E-state index contributed by atoms with van der Waals surface area (Å²) in [7, 11) is -2.80. The van der Waals surface area contributed by atoms with Gasteiger partial charge in [0, 0.05) is 6.92 Å². The summed E-state index contributed by atoms with van der Waals surface area (Å²) in [5.74, 6) is 0. The monoisotopic (exact) mass is 108 g/mol. The molecule has 0 N–H and O–H groups in total. The molecule has 36 valence electrons. The fraction of sp³-hybridized carbons (Fsp3) is 0.500. The first kappa shape index (κ1) is 5.62. The van der Waals surface area contributed by atoms with E-state index in [2.05, 4.69) is 0 Å². The normalized spacial score (nSPS) is 9.00. The van der Waals surface area contributed by atoms with Crippen molar-refractivity contribution >= 4 is 15.8 Å². The molecule has 0 spiro atoms. The molecule has 4 heteroatoms. The first-order chi connectivity index (χ1) is 2.64. The molecule has 0 radical (unpaired) electrons. The highest BCUT2D eigenvalue weighted by atomic mass is 32.2. The van der Waals surface area contributed by atoms with Crippen LogP contribution in [0, 0.1) is 0 Å². The van der Waals surface area contributed by atoms with Crippen molar-refractivity contribution in [3.8, 4) is 0 Å². The van der Waals surface area contributed by atoms with E-state index in [0.717, 1.165) is 6.92 Å². The summed E-state index contributed by atoms with van der Waals surface area (Å²) in [6, 6.07) is 0. The van der Waals surface area contributed by atoms with Crippen molar-refractivity contribution in [3.05, 3.63) is 0 Å². The van der Waals surface area contributed by atoms with Gasteiger partial charge in [-0.1, -0.05) is 0 Å². The maximum Gasteiger partial charge on any atom is 0.240 e. The maximum absolute atomic E-state index is 9.55. The van der Waals surface area contributed by atoms with Gasteiger partial charge in [0.2, 0.25) is 15.8 Å². The summed E-state index contributed by atoms with van der Waals surface area (Å²) in [5, 5.41) is -0.787. The molecular formula is C2H4O3S. The highest BCUT2D eigenvalue weighted by molar-refractivity contribution is 7.89. The van der Waals surface area contributed by atoms with Gasteiger partial charge in [0.1, 0.15) is 0 Å². The van der Waals surface area contributed by atoms with Gasteiger partial charge in [-0.25, -0.2) is 8.42 Å². The van der Waals surface area contributed by atoms with Crippen molar-refractivity contribution in [3.63, 3.8) is 0 Å². The molecule has 0 heterocycles. The van der Waals surface area contributed by atoms with Crippen LogP contribution in [0.25, 0.3) is 0 Å². The van der Waals surface area contributed by atoms with Crippen LogP contribution in [0.15, 0.2) is 0 Å². The van der Waals surface area contributed by atoms with Gasteiger partial charge in [-0.2, -0.15) is 0 Å². The lowest BCUT2D eigenvalue weighted by Gasteiger charge is -1.63. The van der Waals surface area contributed by atoms with E-state index in [1.807, 2.05) is 0 Å². The average molecular weight is 108 g/mol. The second kappa shape index (κ2) is 1.92. The number of carbonyl (C=O) groups excluding carboxylic acids is 1. The zero-order chi connectivity index (χ0) is 5.15. The van der Waals surface area contributed by atoms with Crippen molar-refractivity contribution in [2.24, 2.45) is 0 Å². The lowest BCUT2D eigenvalue weighted by atomic mass is 10.9. The van der Waals surface area contributed by atoms with Crippen LogP contribution in [0.3, 0.4) is 0 Å². The molecule has 0 rings (SSSR count). The fourth-order valence-electron chi connectivity index (χ4n) is 0. The molecule has 0 aromatic carbocycles. The van der Waals surface area contributed by atoms with Crippen molar-refractivity contribution < 1.29 is 13.2 Å². The predicted molar refractivity (Wildman–Crippen MR) is 21.0 cm³/mol. The minimum absolute atomic E-state index is 0.787. The summed E-state index contributed by atoms with van der Waals surface area (Å²) in [4.78, 5) is 9.55. The molecule has 0 aliphatic rings. The van der Waals surface area contributed by atoms with Gasteiger partial charge in [-0.15, -0.1) is 0 Å². The number of hydrogen-bond acceptors (Lipinski definition) is 3. The second-order valence-electron chi connectivity index (χ2n) is 0.776. The molecule has 0 unspecified atom stereocenters. The number of rotatable bonds is 0. The minimum Gasteiger partial charge on any atom is -0.282 e. The van der Waals surface area contributed by atoms with Crippen LogP contribution in [0.4, 0.5) is 0 Å². The quantitative estimate of drug-likeness (QED) is 0.411. The van der Waals surface area contributed by atoms with Gasteiger partial charge in [-0.05, 0) is 0 Å². The van der Waals surface area contributed by atoms with Crippen molar-refractivity contribution in [2.75, 3.05) is 0 Å². The highest BCUT2D eigenvalue weighted by Gasteiger charge is 1.86. The SMILES string of the molecule is CC(=O)[SH](=O)=O. The molecule has 0 atom stereocenters. The zero-order valence-electron chi connectivity index (χ0n) is 3.17. The molecule has 0 saturated heterocycles. The van der Waals surface area contributed by atoms with Crippen LogP contribution in [-0.2, 0) is 15.5 Å². The third-order valence-corrected chi connectivity index (χ3v) is 0.771. The Morgan fingerprint density at radius 3 is 1.67 bits per heavy atom. The van der Waals surface area contributed by atoms with Crippen molar-refractivity contribution in [2.45, 2.75) is 6.92 Å². The molecule has 0 bridgehead atoms. The second-order valence-corrected chi connectivity index (χ2v) is 1.92. The van der Waals surface area contributed by atoms with Gasteiger partial charge >= 0.3 is 0 Å². The standard InChI is InChI=1S/C2H4O3S/c1-2(3)6(4)5/h6H,1H3. The summed E-state index contributed by atoms with van der Waals surface area (Å²) < 4.78 is 18.8. The highest BCUT2D eigenvalue weighted by Crippen LogP contribution is 1.61. The molecular weight excluding hydrogens is 104 g/mol. The number of carbonyl (C=O) groups is 1. The smallest absolute Gasteiger partial charge is 0.240 e. The van der Waals surface area contributed by atoms with E-state index in [9.17, 15) is 13.2 Å². The van der Waals surface area contributed by atoms with Gasteiger partial charge in [0.25, 0.3) is 0 Å². The molecule has 0 amide bonds. The van der Waals surface area contributed by atoms with Crippen LogP contribution in [0.1, 0.15) is 6.92 Å². The van der Waals surface area contributed by atoms with E-state index < -0.39 is 15.8 Å². The molecule has 0 fully saturated rings. The molecule has 6 heavy (non-hydrogen) atoms. The predicted octanol–water partition coefficient (Wildman–Crippen LogP) is -0.856. The van der Waals surface area contributed by atoms with Crippen LogP contribution >= 0.6 is 0 Å². The first-order valence-electron chi connectivity index (χ1n) is 1.29. The average Bonchev–Trinajstić information content (AvgIpc) is 1.36. The molecule has 0 saturated carbocycles. The summed E-state index contributed by atoms with van der Waals surface area (Å²) in [5.41, 5.74) is 0. The Balaban J connectivity index is 3.94. The van der Waals surface area contributed by atoms with Crippen molar-refractivity contribution in [1.82, 2.24) is 0 Å².